The van der Waals surface area contributed by atoms with Crippen molar-refractivity contribution in [1.29, 1.82) is 0 Å². The zero-order valence-electron chi connectivity index (χ0n) is 12.0. The minimum Gasteiger partial charge on any atom is -0.496 e. The molecule has 0 aliphatic rings. The number of nitrogens with one attached hydrogen (secondary N) is 1. The van der Waals surface area contributed by atoms with E-state index < -0.39 is 0 Å². The molecule has 2 aromatic carbocycles. The largest absolute Gasteiger partial charge is 0.496 e. The Balaban J connectivity index is 1.80. The fourth-order valence-electron chi connectivity index (χ4n) is 2.10. The predicted molar refractivity (Wildman–Crippen MR) is 93.7 cm³/mol. The zero-order chi connectivity index (χ0) is 15.4. The lowest BCUT2D eigenvalue weighted by Crippen LogP contribution is -1.95. The Morgan fingerprint density at radius 2 is 2.00 bits per heavy atom. The molecule has 0 amide bonds. The molecular formula is C17H14BrN3O. The van der Waals surface area contributed by atoms with Gasteiger partial charge in [0.2, 0.25) is 0 Å². The number of halogens is 1. The Morgan fingerprint density at radius 1 is 1.14 bits per heavy atom. The summed E-state index contributed by atoms with van der Waals surface area (Å²) < 4.78 is 6.28. The molecule has 3 aromatic rings. The second-order valence-corrected chi connectivity index (χ2v) is 5.56. The lowest BCUT2D eigenvalue weighted by atomic mass is 10.2. The molecule has 0 atom stereocenters. The number of rotatable bonds is 4. The molecule has 1 heterocycles. The standard InChI is InChI=1S/C17H14BrN3O/c1-22-16-8-7-14(18)10-13(16)11-19-21-17-9-6-12-4-2-3-5-15(12)20-17/h2-11H,1H3,(H,20,21)/b19-11+. The van der Waals surface area contributed by atoms with Crippen molar-refractivity contribution in [3.63, 3.8) is 0 Å². The third kappa shape index (κ3) is 3.26. The van der Waals surface area contributed by atoms with E-state index in [-0.39, 0.29) is 0 Å². The van der Waals surface area contributed by atoms with E-state index in [9.17, 15) is 0 Å². The molecule has 0 bridgehead atoms. The molecule has 0 aliphatic heterocycles. The molecule has 22 heavy (non-hydrogen) atoms. The molecule has 0 saturated carbocycles. The van der Waals surface area contributed by atoms with Crippen molar-refractivity contribution in [2.45, 2.75) is 0 Å². The molecule has 0 saturated heterocycles. The van der Waals surface area contributed by atoms with E-state index in [4.69, 9.17) is 4.74 Å². The van der Waals surface area contributed by atoms with Gasteiger partial charge >= 0.3 is 0 Å². The quantitative estimate of drug-likeness (QED) is 0.555. The molecule has 0 fully saturated rings. The van der Waals surface area contributed by atoms with Gasteiger partial charge in [0.25, 0.3) is 0 Å². The Bertz CT molecular complexity index is 833. The Kier molecular flexibility index (Phi) is 4.34. The van der Waals surface area contributed by atoms with Crippen LogP contribution in [0.2, 0.25) is 0 Å². The van der Waals surface area contributed by atoms with Crippen LogP contribution in [-0.4, -0.2) is 18.3 Å². The number of hydrazone groups is 1. The number of fused-ring (bicyclic) bond motifs is 1. The maximum Gasteiger partial charge on any atom is 0.146 e. The number of methoxy groups -OCH3 is 1. The highest BCUT2D eigenvalue weighted by Crippen LogP contribution is 2.21. The third-order valence-corrected chi connectivity index (χ3v) is 3.67. The first kappa shape index (κ1) is 14.5. The van der Waals surface area contributed by atoms with Gasteiger partial charge in [-0.05, 0) is 36.4 Å². The lowest BCUT2D eigenvalue weighted by Gasteiger charge is -2.05. The molecule has 110 valence electrons. The van der Waals surface area contributed by atoms with Crippen molar-refractivity contribution in [3.8, 4) is 5.75 Å². The molecule has 5 heteroatoms. The smallest absolute Gasteiger partial charge is 0.146 e. The summed E-state index contributed by atoms with van der Waals surface area (Å²) in [6.07, 6.45) is 1.71. The summed E-state index contributed by atoms with van der Waals surface area (Å²) in [7, 11) is 1.64. The molecule has 4 nitrogen and oxygen atoms in total. The minimum absolute atomic E-state index is 0.698. The van der Waals surface area contributed by atoms with Crippen LogP contribution in [0.25, 0.3) is 10.9 Å². The number of anilines is 1. The molecule has 0 aliphatic carbocycles. The van der Waals surface area contributed by atoms with E-state index in [0.717, 1.165) is 26.7 Å². The van der Waals surface area contributed by atoms with Crippen LogP contribution < -0.4 is 10.2 Å². The summed E-state index contributed by atoms with van der Waals surface area (Å²) in [4.78, 5) is 4.50. The van der Waals surface area contributed by atoms with Gasteiger partial charge in [-0.1, -0.05) is 34.1 Å². The van der Waals surface area contributed by atoms with Crippen LogP contribution in [0.1, 0.15) is 5.56 Å². The molecule has 3 rings (SSSR count). The average molecular weight is 356 g/mol. The number of pyridine rings is 1. The van der Waals surface area contributed by atoms with Crippen molar-refractivity contribution < 1.29 is 4.74 Å². The minimum atomic E-state index is 0.698. The third-order valence-electron chi connectivity index (χ3n) is 3.17. The molecule has 0 unspecified atom stereocenters. The van der Waals surface area contributed by atoms with Crippen LogP contribution in [0.4, 0.5) is 5.82 Å². The Hall–Kier alpha value is -2.40. The van der Waals surface area contributed by atoms with Crippen molar-refractivity contribution >= 4 is 38.9 Å². The van der Waals surface area contributed by atoms with Crippen LogP contribution in [0.15, 0.2) is 64.2 Å². The van der Waals surface area contributed by atoms with E-state index in [1.165, 1.54) is 0 Å². The predicted octanol–water partition coefficient (Wildman–Crippen LogP) is 4.45. The van der Waals surface area contributed by atoms with Crippen molar-refractivity contribution in [2.75, 3.05) is 12.5 Å². The lowest BCUT2D eigenvalue weighted by molar-refractivity contribution is 0.414. The van der Waals surface area contributed by atoms with Gasteiger partial charge < -0.3 is 4.74 Å². The fourth-order valence-corrected chi connectivity index (χ4v) is 2.48. The number of hydrogen-bond acceptors (Lipinski definition) is 4. The van der Waals surface area contributed by atoms with Crippen LogP contribution in [0.5, 0.6) is 5.75 Å². The SMILES string of the molecule is COc1ccc(Br)cc1/C=N/Nc1ccc2ccccc2n1. The molecule has 0 radical (unpaired) electrons. The van der Waals surface area contributed by atoms with Gasteiger partial charge in [-0.2, -0.15) is 5.10 Å². The maximum atomic E-state index is 5.31. The number of aromatic nitrogens is 1. The van der Waals surface area contributed by atoms with Gasteiger partial charge in [0, 0.05) is 15.4 Å². The van der Waals surface area contributed by atoms with Gasteiger partial charge in [-0.15, -0.1) is 0 Å². The fraction of sp³-hybridized carbons (Fsp3) is 0.0588. The van der Waals surface area contributed by atoms with E-state index >= 15 is 0 Å². The first-order valence-corrected chi connectivity index (χ1v) is 7.54. The van der Waals surface area contributed by atoms with E-state index in [1.807, 2.05) is 54.6 Å². The number of hydrogen-bond donors (Lipinski definition) is 1. The molecule has 1 aromatic heterocycles. The normalized spacial score (nSPS) is 11.0. The summed E-state index contributed by atoms with van der Waals surface area (Å²) in [6.45, 7) is 0. The van der Waals surface area contributed by atoms with Crippen molar-refractivity contribution in [3.05, 3.63) is 64.6 Å². The van der Waals surface area contributed by atoms with Crippen LogP contribution >= 0.6 is 15.9 Å². The molecule has 1 N–H and O–H groups in total. The summed E-state index contributed by atoms with van der Waals surface area (Å²) in [5, 5.41) is 5.33. The van der Waals surface area contributed by atoms with Gasteiger partial charge in [0.05, 0.1) is 18.8 Å². The van der Waals surface area contributed by atoms with Gasteiger partial charge in [-0.25, -0.2) is 4.98 Å². The number of nitrogens with zero attached hydrogens (tertiary/aromatic N) is 2. The van der Waals surface area contributed by atoms with E-state index in [1.54, 1.807) is 13.3 Å². The van der Waals surface area contributed by atoms with Gasteiger partial charge in [-0.3, -0.25) is 5.43 Å². The summed E-state index contributed by atoms with van der Waals surface area (Å²) in [5.74, 6) is 1.46. The average Bonchev–Trinajstić information content (AvgIpc) is 2.55. The molecule has 0 spiro atoms. The van der Waals surface area contributed by atoms with Crippen molar-refractivity contribution in [2.24, 2.45) is 5.10 Å². The topological polar surface area (TPSA) is 46.5 Å². The van der Waals surface area contributed by atoms with Crippen LogP contribution in [0, 0.1) is 0 Å². The zero-order valence-corrected chi connectivity index (χ0v) is 13.5. The van der Waals surface area contributed by atoms with Crippen LogP contribution in [-0.2, 0) is 0 Å². The second kappa shape index (κ2) is 6.58. The Labute approximate surface area is 137 Å². The second-order valence-electron chi connectivity index (χ2n) is 4.65. The summed E-state index contributed by atoms with van der Waals surface area (Å²) >= 11 is 3.44. The number of para-hydroxylation sites is 1. The highest BCUT2D eigenvalue weighted by molar-refractivity contribution is 9.10. The maximum absolute atomic E-state index is 5.31. The highest BCUT2D eigenvalue weighted by atomic mass is 79.9. The van der Waals surface area contributed by atoms with Crippen LogP contribution in [0.3, 0.4) is 0 Å². The molecular weight excluding hydrogens is 342 g/mol. The van der Waals surface area contributed by atoms with Gasteiger partial charge in [0.1, 0.15) is 11.6 Å². The monoisotopic (exact) mass is 355 g/mol. The highest BCUT2D eigenvalue weighted by Gasteiger charge is 2.01. The van der Waals surface area contributed by atoms with E-state index in [0.29, 0.717) is 5.82 Å². The summed E-state index contributed by atoms with van der Waals surface area (Å²) in [5.41, 5.74) is 4.76. The first-order valence-electron chi connectivity index (χ1n) is 6.75. The van der Waals surface area contributed by atoms with Crippen molar-refractivity contribution in [1.82, 2.24) is 4.98 Å². The number of ether oxygens (including phenoxy) is 1. The Morgan fingerprint density at radius 3 is 2.86 bits per heavy atom. The van der Waals surface area contributed by atoms with E-state index in [2.05, 4.69) is 31.4 Å². The van der Waals surface area contributed by atoms with Gasteiger partial charge in [0.15, 0.2) is 0 Å². The first-order chi connectivity index (χ1) is 10.8. The number of benzene rings is 2. The summed E-state index contributed by atoms with van der Waals surface area (Å²) in [6, 6.07) is 17.6.